The Morgan fingerprint density at radius 3 is 2.83 bits per heavy atom. The molecule has 1 amide bonds. The molecule has 0 spiro atoms. The lowest BCUT2D eigenvalue weighted by atomic mass is 10.2. The van der Waals surface area contributed by atoms with Gasteiger partial charge in [-0.05, 0) is 37.1 Å². The number of benzene rings is 1. The van der Waals surface area contributed by atoms with Crippen LogP contribution in [0.5, 0.6) is 0 Å². The Kier molecular flexibility index (Phi) is 4.03. The maximum atomic E-state index is 11.6. The minimum atomic E-state index is 0.0427. The minimum absolute atomic E-state index is 0.0427. The molecule has 0 aliphatic carbocycles. The Bertz CT molecular complexity index is 442. The average molecular weight is 244 g/mol. The molecule has 1 fully saturated rings. The molecule has 0 unspecified atom stereocenters. The first-order chi connectivity index (χ1) is 8.70. The van der Waals surface area contributed by atoms with E-state index < -0.39 is 0 Å². The third kappa shape index (κ3) is 2.92. The first-order valence-corrected chi connectivity index (χ1v) is 6.43. The maximum absolute atomic E-state index is 11.6. The van der Waals surface area contributed by atoms with Gasteiger partial charge in [0.25, 0.3) is 0 Å². The zero-order chi connectivity index (χ0) is 13.0. The molecule has 0 atom stereocenters. The first-order valence-electron chi connectivity index (χ1n) is 6.43. The molecule has 0 N–H and O–H groups in total. The molecule has 0 bridgehead atoms. The van der Waals surface area contributed by atoms with Gasteiger partial charge in [-0.2, -0.15) is 0 Å². The van der Waals surface area contributed by atoms with E-state index >= 15 is 0 Å². The molecule has 3 nitrogen and oxygen atoms in total. The first kappa shape index (κ1) is 12.7. The van der Waals surface area contributed by atoms with Crippen LogP contribution in [0.2, 0.25) is 0 Å². The molecule has 0 radical (unpaired) electrons. The molecular formula is C15H20N2O. The lowest BCUT2D eigenvalue weighted by Crippen LogP contribution is -2.34. The van der Waals surface area contributed by atoms with Crippen LogP contribution in [0, 0.1) is 6.92 Å². The van der Waals surface area contributed by atoms with Crippen molar-refractivity contribution in [3.05, 3.63) is 42.5 Å². The van der Waals surface area contributed by atoms with Gasteiger partial charge in [-0.15, -0.1) is 0 Å². The fourth-order valence-corrected chi connectivity index (χ4v) is 2.35. The largest absolute Gasteiger partial charge is 0.370 e. The molecule has 1 saturated heterocycles. The molecule has 18 heavy (non-hydrogen) atoms. The number of amides is 1. The number of hydrogen-bond donors (Lipinski definition) is 0. The van der Waals surface area contributed by atoms with Gasteiger partial charge in [0.15, 0.2) is 0 Å². The summed E-state index contributed by atoms with van der Waals surface area (Å²) in [4.78, 5) is 15.8. The summed E-state index contributed by atoms with van der Waals surface area (Å²) in [6.07, 6.45) is 2.41. The molecule has 0 saturated carbocycles. The SMILES string of the molecule is C=CC(=O)N1CCCN(c2cccc(C)c2)CC1. The quantitative estimate of drug-likeness (QED) is 0.745. The monoisotopic (exact) mass is 244 g/mol. The van der Waals surface area contributed by atoms with Crippen molar-refractivity contribution in [1.82, 2.24) is 4.90 Å². The van der Waals surface area contributed by atoms with Gasteiger partial charge in [0.2, 0.25) is 5.91 Å². The highest BCUT2D eigenvalue weighted by Crippen LogP contribution is 2.17. The van der Waals surface area contributed by atoms with Crippen molar-refractivity contribution in [3.63, 3.8) is 0 Å². The number of aryl methyl sites for hydroxylation is 1. The van der Waals surface area contributed by atoms with E-state index in [0.29, 0.717) is 0 Å². The predicted octanol–water partition coefficient (Wildman–Crippen LogP) is 2.22. The Balaban J connectivity index is 2.05. The van der Waals surface area contributed by atoms with Crippen LogP contribution in [0.3, 0.4) is 0 Å². The van der Waals surface area contributed by atoms with E-state index in [2.05, 4.69) is 42.7 Å². The standard InChI is InChI=1S/C15H20N2O/c1-3-15(18)17-9-5-8-16(10-11-17)14-7-4-6-13(2)12-14/h3-4,6-7,12H,1,5,8-11H2,2H3. The van der Waals surface area contributed by atoms with Crippen LogP contribution in [0.15, 0.2) is 36.9 Å². The van der Waals surface area contributed by atoms with Gasteiger partial charge in [-0.1, -0.05) is 18.7 Å². The van der Waals surface area contributed by atoms with Crippen molar-refractivity contribution in [3.8, 4) is 0 Å². The smallest absolute Gasteiger partial charge is 0.246 e. The molecule has 1 aliphatic rings. The fourth-order valence-electron chi connectivity index (χ4n) is 2.35. The number of nitrogens with zero attached hydrogens (tertiary/aromatic N) is 2. The fraction of sp³-hybridized carbons (Fsp3) is 0.400. The molecule has 1 aliphatic heterocycles. The summed E-state index contributed by atoms with van der Waals surface area (Å²) in [5, 5.41) is 0. The normalized spacial score (nSPS) is 16.3. The van der Waals surface area contributed by atoms with Crippen LogP contribution in [0.1, 0.15) is 12.0 Å². The number of rotatable bonds is 2. The van der Waals surface area contributed by atoms with Crippen LogP contribution in [-0.2, 0) is 4.79 Å². The number of anilines is 1. The van der Waals surface area contributed by atoms with Gasteiger partial charge in [-0.3, -0.25) is 4.79 Å². The van der Waals surface area contributed by atoms with E-state index in [1.807, 2.05) is 4.90 Å². The van der Waals surface area contributed by atoms with Crippen LogP contribution in [0.25, 0.3) is 0 Å². The van der Waals surface area contributed by atoms with Crippen molar-refractivity contribution < 1.29 is 4.79 Å². The van der Waals surface area contributed by atoms with Crippen LogP contribution in [-0.4, -0.2) is 37.0 Å². The number of carbonyl (C=O) groups is 1. The Morgan fingerprint density at radius 2 is 2.11 bits per heavy atom. The highest BCUT2D eigenvalue weighted by atomic mass is 16.2. The summed E-state index contributed by atoms with van der Waals surface area (Å²) in [5.74, 6) is 0.0427. The zero-order valence-electron chi connectivity index (χ0n) is 10.9. The van der Waals surface area contributed by atoms with Crippen molar-refractivity contribution in [2.24, 2.45) is 0 Å². The summed E-state index contributed by atoms with van der Waals surface area (Å²) in [6, 6.07) is 8.53. The van der Waals surface area contributed by atoms with Gasteiger partial charge >= 0.3 is 0 Å². The van der Waals surface area contributed by atoms with E-state index in [0.717, 1.165) is 32.6 Å². The molecular weight excluding hydrogens is 224 g/mol. The molecule has 1 aromatic carbocycles. The molecule has 2 rings (SSSR count). The summed E-state index contributed by atoms with van der Waals surface area (Å²) < 4.78 is 0. The average Bonchev–Trinajstić information content (AvgIpc) is 2.63. The minimum Gasteiger partial charge on any atom is -0.370 e. The van der Waals surface area contributed by atoms with Crippen molar-refractivity contribution in [2.45, 2.75) is 13.3 Å². The summed E-state index contributed by atoms with van der Waals surface area (Å²) in [6.45, 7) is 9.16. The van der Waals surface area contributed by atoms with Gasteiger partial charge in [0.05, 0.1) is 0 Å². The highest BCUT2D eigenvalue weighted by Gasteiger charge is 2.17. The zero-order valence-corrected chi connectivity index (χ0v) is 10.9. The Hall–Kier alpha value is -1.77. The molecule has 1 heterocycles. The van der Waals surface area contributed by atoms with E-state index in [4.69, 9.17) is 0 Å². The Labute approximate surface area is 109 Å². The van der Waals surface area contributed by atoms with E-state index in [1.165, 1.54) is 17.3 Å². The van der Waals surface area contributed by atoms with Crippen molar-refractivity contribution in [1.29, 1.82) is 0 Å². The third-order valence-corrected chi connectivity index (χ3v) is 3.35. The lowest BCUT2D eigenvalue weighted by molar-refractivity contribution is -0.125. The predicted molar refractivity (Wildman–Crippen MR) is 74.8 cm³/mol. The topological polar surface area (TPSA) is 23.6 Å². The van der Waals surface area contributed by atoms with E-state index in [-0.39, 0.29) is 5.91 Å². The molecule has 1 aromatic rings. The van der Waals surface area contributed by atoms with Crippen molar-refractivity contribution in [2.75, 3.05) is 31.1 Å². The number of hydrogen-bond acceptors (Lipinski definition) is 2. The van der Waals surface area contributed by atoms with Crippen molar-refractivity contribution >= 4 is 11.6 Å². The summed E-state index contributed by atoms with van der Waals surface area (Å²) in [5.41, 5.74) is 2.53. The van der Waals surface area contributed by atoms with Gasteiger partial charge in [0, 0.05) is 31.9 Å². The molecule has 3 heteroatoms. The van der Waals surface area contributed by atoms with Crippen LogP contribution >= 0.6 is 0 Å². The molecule has 0 aromatic heterocycles. The molecule has 96 valence electrons. The maximum Gasteiger partial charge on any atom is 0.246 e. The van der Waals surface area contributed by atoms with Gasteiger partial charge in [0.1, 0.15) is 0 Å². The van der Waals surface area contributed by atoms with Gasteiger partial charge in [-0.25, -0.2) is 0 Å². The van der Waals surface area contributed by atoms with E-state index in [9.17, 15) is 4.79 Å². The van der Waals surface area contributed by atoms with Crippen LogP contribution < -0.4 is 4.90 Å². The Morgan fingerprint density at radius 1 is 1.28 bits per heavy atom. The summed E-state index contributed by atoms with van der Waals surface area (Å²) in [7, 11) is 0. The van der Waals surface area contributed by atoms with E-state index in [1.54, 1.807) is 0 Å². The number of carbonyl (C=O) groups excluding carboxylic acids is 1. The van der Waals surface area contributed by atoms with Crippen LogP contribution in [0.4, 0.5) is 5.69 Å². The second-order valence-electron chi connectivity index (χ2n) is 4.71. The third-order valence-electron chi connectivity index (χ3n) is 3.35. The highest BCUT2D eigenvalue weighted by molar-refractivity contribution is 5.87. The second-order valence-corrected chi connectivity index (χ2v) is 4.71. The second kappa shape index (κ2) is 5.71. The lowest BCUT2D eigenvalue weighted by Gasteiger charge is -2.23. The van der Waals surface area contributed by atoms with Gasteiger partial charge < -0.3 is 9.80 Å². The summed E-state index contributed by atoms with van der Waals surface area (Å²) >= 11 is 0.